The third kappa shape index (κ3) is 4.89. The second-order valence-electron chi connectivity index (χ2n) is 11.6. The molecule has 0 aromatic heterocycles. The van der Waals surface area contributed by atoms with Gasteiger partial charge in [-0.2, -0.15) is 0 Å². The number of methoxy groups -OCH3 is 1. The standard InChI is InChI=1S/C26H46N4O2/c1-3-7-29-8-4-23(5-9-29)30-17-22(16-24(30)26(31)27-6-10-32-2)28-25-20-12-18-11-19(14-20)15-21(25)13-18/h18-25,28H,3-17H2,1-2H3,(H,27,31)/t18?,19?,20?,21?,22-,24+,25?/m1/s1. The van der Waals surface area contributed by atoms with Crippen molar-refractivity contribution in [2.24, 2.45) is 23.7 Å². The van der Waals surface area contributed by atoms with Gasteiger partial charge >= 0.3 is 0 Å². The van der Waals surface area contributed by atoms with E-state index in [-0.39, 0.29) is 11.9 Å². The van der Waals surface area contributed by atoms with Crippen LogP contribution in [0.25, 0.3) is 0 Å². The van der Waals surface area contributed by atoms with Crippen LogP contribution in [0.15, 0.2) is 0 Å². The molecule has 6 aliphatic rings. The van der Waals surface area contributed by atoms with Crippen LogP contribution < -0.4 is 10.6 Å². The van der Waals surface area contributed by atoms with E-state index in [2.05, 4.69) is 27.4 Å². The predicted molar refractivity (Wildman–Crippen MR) is 128 cm³/mol. The first kappa shape index (κ1) is 23.1. The van der Waals surface area contributed by atoms with Crippen LogP contribution in [0.3, 0.4) is 0 Å². The van der Waals surface area contributed by atoms with Crippen LogP contribution in [-0.2, 0) is 9.53 Å². The van der Waals surface area contributed by atoms with E-state index < -0.39 is 0 Å². The van der Waals surface area contributed by atoms with E-state index in [4.69, 9.17) is 4.74 Å². The maximum Gasteiger partial charge on any atom is 0.237 e. The molecule has 4 saturated carbocycles. The number of piperidine rings is 1. The highest BCUT2D eigenvalue weighted by Crippen LogP contribution is 2.54. The molecule has 6 heteroatoms. The van der Waals surface area contributed by atoms with Gasteiger partial charge in [-0.3, -0.25) is 9.69 Å². The minimum Gasteiger partial charge on any atom is -0.383 e. The number of nitrogens with zero attached hydrogens (tertiary/aromatic N) is 2. The highest BCUT2D eigenvalue weighted by Gasteiger charge is 2.50. The zero-order valence-electron chi connectivity index (χ0n) is 20.4. The summed E-state index contributed by atoms with van der Waals surface area (Å²) in [7, 11) is 1.70. The van der Waals surface area contributed by atoms with Crippen molar-refractivity contribution in [1.29, 1.82) is 0 Å². The molecular weight excluding hydrogens is 400 g/mol. The van der Waals surface area contributed by atoms with E-state index in [1.165, 1.54) is 71.0 Å². The summed E-state index contributed by atoms with van der Waals surface area (Å²) in [5.41, 5.74) is 0. The quantitative estimate of drug-likeness (QED) is 0.533. The Morgan fingerprint density at radius 2 is 1.69 bits per heavy atom. The Hall–Kier alpha value is -0.690. The molecule has 0 aromatic carbocycles. The lowest BCUT2D eigenvalue weighted by Gasteiger charge is -2.55. The van der Waals surface area contributed by atoms with Crippen LogP contribution in [0, 0.1) is 23.7 Å². The largest absolute Gasteiger partial charge is 0.383 e. The van der Waals surface area contributed by atoms with E-state index in [9.17, 15) is 4.79 Å². The maximum atomic E-state index is 13.2. The molecule has 6 nitrogen and oxygen atoms in total. The molecule has 2 N–H and O–H groups in total. The first-order chi connectivity index (χ1) is 15.6. The smallest absolute Gasteiger partial charge is 0.237 e. The first-order valence-electron chi connectivity index (χ1n) is 13.6. The number of rotatable bonds is 9. The topological polar surface area (TPSA) is 56.8 Å². The zero-order valence-corrected chi connectivity index (χ0v) is 20.4. The molecule has 4 aliphatic carbocycles. The number of carbonyl (C=O) groups is 1. The van der Waals surface area contributed by atoms with Gasteiger partial charge in [-0.15, -0.1) is 0 Å². The number of hydrogen-bond acceptors (Lipinski definition) is 5. The molecule has 0 unspecified atom stereocenters. The summed E-state index contributed by atoms with van der Waals surface area (Å²) in [6.45, 7) is 8.09. The molecule has 32 heavy (non-hydrogen) atoms. The third-order valence-corrected chi connectivity index (χ3v) is 9.47. The monoisotopic (exact) mass is 446 g/mol. The van der Waals surface area contributed by atoms with E-state index in [0.717, 1.165) is 36.6 Å². The van der Waals surface area contributed by atoms with Crippen molar-refractivity contribution in [1.82, 2.24) is 20.4 Å². The van der Waals surface area contributed by atoms with E-state index >= 15 is 0 Å². The van der Waals surface area contributed by atoms with Gasteiger partial charge in [-0.1, -0.05) is 6.92 Å². The molecule has 2 atom stereocenters. The lowest BCUT2D eigenvalue weighted by atomic mass is 9.54. The summed E-state index contributed by atoms with van der Waals surface area (Å²) < 4.78 is 5.16. The fourth-order valence-electron chi connectivity index (χ4n) is 8.30. The van der Waals surface area contributed by atoms with Gasteiger partial charge in [-0.05, 0) is 101 Å². The van der Waals surface area contributed by atoms with Gasteiger partial charge in [0, 0.05) is 38.3 Å². The van der Waals surface area contributed by atoms with Crippen LogP contribution in [0.4, 0.5) is 0 Å². The van der Waals surface area contributed by atoms with Crippen LogP contribution in [0.5, 0.6) is 0 Å². The normalized spacial score (nSPS) is 40.2. The highest BCUT2D eigenvalue weighted by atomic mass is 16.5. The Morgan fingerprint density at radius 1 is 1.00 bits per heavy atom. The number of nitrogens with one attached hydrogen (secondary N) is 2. The molecule has 4 bridgehead atoms. The van der Waals surface area contributed by atoms with Crippen molar-refractivity contribution >= 4 is 5.91 Å². The van der Waals surface area contributed by atoms with Crippen LogP contribution in [0.1, 0.15) is 64.7 Å². The summed E-state index contributed by atoms with van der Waals surface area (Å²) in [6.07, 6.45) is 11.9. The van der Waals surface area contributed by atoms with Crippen LogP contribution in [-0.4, -0.2) is 86.3 Å². The minimum absolute atomic E-state index is 0.0175. The molecule has 0 radical (unpaired) electrons. The number of ether oxygens (including phenoxy) is 1. The molecular formula is C26H46N4O2. The fraction of sp³-hybridized carbons (Fsp3) is 0.962. The Kier molecular flexibility index (Phi) is 7.42. The van der Waals surface area contributed by atoms with Crippen LogP contribution in [0.2, 0.25) is 0 Å². The summed E-state index contributed by atoms with van der Waals surface area (Å²) >= 11 is 0. The Morgan fingerprint density at radius 3 is 2.31 bits per heavy atom. The number of hydrogen-bond donors (Lipinski definition) is 2. The molecule has 6 rings (SSSR count). The van der Waals surface area contributed by atoms with Crippen molar-refractivity contribution in [3.05, 3.63) is 0 Å². The molecule has 2 aliphatic heterocycles. The van der Waals surface area contributed by atoms with Gasteiger partial charge in [0.15, 0.2) is 0 Å². The maximum absolute atomic E-state index is 13.2. The first-order valence-corrected chi connectivity index (χ1v) is 13.6. The molecule has 6 fully saturated rings. The van der Waals surface area contributed by atoms with Gasteiger partial charge in [0.25, 0.3) is 0 Å². The molecule has 0 aromatic rings. The minimum atomic E-state index is 0.0175. The third-order valence-electron chi connectivity index (χ3n) is 9.47. The summed E-state index contributed by atoms with van der Waals surface area (Å²) in [5, 5.41) is 7.31. The predicted octanol–water partition coefficient (Wildman–Crippen LogP) is 2.48. The number of carbonyl (C=O) groups excluding carboxylic acids is 1. The van der Waals surface area contributed by atoms with Crippen molar-refractivity contribution in [3.8, 4) is 0 Å². The molecule has 0 spiro atoms. The SMILES string of the molecule is CCCN1CCC(N2C[C@H](NC3C4CC5CC(C4)CC3C5)C[C@H]2C(=O)NCCOC)CC1. The Balaban J connectivity index is 1.22. The van der Waals surface area contributed by atoms with Crippen molar-refractivity contribution in [3.63, 3.8) is 0 Å². The molecule has 2 saturated heterocycles. The summed E-state index contributed by atoms with van der Waals surface area (Å²) in [5.74, 6) is 4.04. The molecule has 182 valence electrons. The summed E-state index contributed by atoms with van der Waals surface area (Å²) in [4.78, 5) is 18.4. The average Bonchev–Trinajstić information content (AvgIpc) is 3.21. The van der Waals surface area contributed by atoms with Gasteiger partial charge in [0.1, 0.15) is 0 Å². The summed E-state index contributed by atoms with van der Waals surface area (Å²) in [6, 6.07) is 1.73. The lowest BCUT2D eigenvalue weighted by Crippen LogP contribution is -2.57. The highest BCUT2D eigenvalue weighted by molar-refractivity contribution is 5.82. The number of amides is 1. The van der Waals surface area contributed by atoms with E-state index in [1.807, 2.05) is 0 Å². The lowest BCUT2D eigenvalue weighted by molar-refractivity contribution is -0.126. The molecule has 2 heterocycles. The van der Waals surface area contributed by atoms with Crippen molar-refractivity contribution in [2.75, 3.05) is 46.4 Å². The Labute approximate surface area is 195 Å². The van der Waals surface area contributed by atoms with Gasteiger partial charge < -0.3 is 20.3 Å². The van der Waals surface area contributed by atoms with E-state index in [0.29, 0.717) is 31.3 Å². The number of likely N-dealkylation sites (tertiary alicyclic amines) is 2. The zero-order chi connectivity index (χ0) is 22.1. The van der Waals surface area contributed by atoms with E-state index in [1.54, 1.807) is 7.11 Å². The molecule has 1 amide bonds. The second-order valence-corrected chi connectivity index (χ2v) is 11.6. The van der Waals surface area contributed by atoms with Gasteiger partial charge in [-0.25, -0.2) is 0 Å². The average molecular weight is 447 g/mol. The van der Waals surface area contributed by atoms with Crippen molar-refractivity contribution in [2.45, 2.75) is 88.9 Å². The van der Waals surface area contributed by atoms with Crippen LogP contribution >= 0.6 is 0 Å². The van der Waals surface area contributed by atoms with Gasteiger partial charge in [0.05, 0.1) is 12.6 Å². The fourth-order valence-corrected chi connectivity index (χ4v) is 8.30. The van der Waals surface area contributed by atoms with Gasteiger partial charge in [0.2, 0.25) is 5.91 Å². The van der Waals surface area contributed by atoms with Crippen molar-refractivity contribution < 1.29 is 9.53 Å². The second kappa shape index (κ2) is 10.3. The Bertz CT molecular complexity index is 607.